The van der Waals surface area contributed by atoms with Gasteiger partial charge in [-0.15, -0.1) is 0 Å². The molecule has 0 bridgehead atoms. The summed E-state index contributed by atoms with van der Waals surface area (Å²) in [5.41, 5.74) is 1.48. The van der Waals surface area contributed by atoms with E-state index in [-0.39, 0.29) is 5.69 Å². The Morgan fingerprint density at radius 3 is 2.63 bits per heavy atom. The van der Waals surface area contributed by atoms with Crippen LogP contribution in [0.25, 0.3) is 5.69 Å². The van der Waals surface area contributed by atoms with E-state index in [1.807, 2.05) is 43.3 Å². The molecule has 1 N–H and O–H groups in total. The van der Waals surface area contributed by atoms with Crippen molar-refractivity contribution in [3.8, 4) is 5.69 Å². The predicted octanol–water partition coefficient (Wildman–Crippen LogP) is 2.75. The number of nitrogens with zero attached hydrogens (tertiary/aromatic N) is 2. The zero-order valence-corrected chi connectivity index (χ0v) is 11.4. The first-order valence-electron chi connectivity index (χ1n) is 6.62. The van der Waals surface area contributed by atoms with Gasteiger partial charge >= 0.3 is 5.69 Å². The average molecular weight is 257 g/mol. The van der Waals surface area contributed by atoms with E-state index in [2.05, 4.69) is 17.2 Å². The summed E-state index contributed by atoms with van der Waals surface area (Å²) in [6, 6.07) is 11.5. The molecule has 100 valence electrons. The van der Waals surface area contributed by atoms with E-state index < -0.39 is 0 Å². The van der Waals surface area contributed by atoms with E-state index in [0.717, 1.165) is 30.8 Å². The van der Waals surface area contributed by atoms with Gasteiger partial charge in [-0.05, 0) is 25.5 Å². The minimum absolute atomic E-state index is 0.245. The van der Waals surface area contributed by atoms with Gasteiger partial charge in [0.25, 0.3) is 0 Å². The number of anilines is 1. The zero-order valence-electron chi connectivity index (χ0n) is 11.4. The minimum atomic E-state index is -0.245. The van der Waals surface area contributed by atoms with Gasteiger partial charge in [-0.3, -0.25) is 4.57 Å². The molecule has 2 rings (SSSR count). The third kappa shape index (κ3) is 3.22. The Morgan fingerprint density at radius 1 is 1.26 bits per heavy atom. The number of rotatable bonds is 5. The van der Waals surface area contributed by atoms with Gasteiger partial charge in [0.1, 0.15) is 5.82 Å². The summed E-state index contributed by atoms with van der Waals surface area (Å²) < 4.78 is 1.62. The molecule has 0 aliphatic heterocycles. The molecule has 1 aromatic carbocycles. The Labute approximate surface area is 113 Å². The summed E-state index contributed by atoms with van der Waals surface area (Å²) >= 11 is 0. The predicted molar refractivity (Wildman–Crippen MR) is 78.0 cm³/mol. The van der Waals surface area contributed by atoms with Crippen LogP contribution < -0.4 is 11.0 Å². The molecule has 0 fully saturated rings. The lowest BCUT2D eigenvalue weighted by Gasteiger charge is -2.11. The Hall–Kier alpha value is -2.10. The van der Waals surface area contributed by atoms with Gasteiger partial charge in [-0.25, -0.2) is 4.79 Å². The van der Waals surface area contributed by atoms with Crippen LogP contribution in [-0.2, 0) is 0 Å². The van der Waals surface area contributed by atoms with Gasteiger partial charge < -0.3 is 5.32 Å². The molecule has 0 saturated heterocycles. The minimum Gasteiger partial charge on any atom is -0.370 e. The lowest BCUT2D eigenvalue weighted by atomic mass is 10.3. The summed E-state index contributed by atoms with van der Waals surface area (Å²) in [6.45, 7) is 4.90. The fraction of sp³-hybridized carbons (Fsp3) is 0.333. The van der Waals surface area contributed by atoms with E-state index in [1.54, 1.807) is 4.57 Å². The number of unbranched alkanes of at least 4 members (excludes halogenated alkanes) is 1. The Morgan fingerprint density at radius 2 is 2.00 bits per heavy atom. The van der Waals surface area contributed by atoms with Crippen LogP contribution in [0.15, 0.2) is 41.2 Å². The quantitative estimate of drug-likeness (QED) is 0.838. The van der Waals surface area contributed by atoms with Gasteiger partial charge in [0.05, 0.1) is 5.69 Å². The molecule has 0 saturated carbocycles. The van der Waals surface area contributed by atoms with Gasteiger partial charge in [0.15, 0.2) is 0 Å². The van der Waals surface area contributed by atoms with Crippen molar-refractivity contribution >= 4 is 5.82 Å². The highest BCUT2D eigenvalue weighted by Crippen LogP contribution is 2.10. The first-order valence-corrected chi connectivity index (χ1v) is 6.62. The van der Waals surface area contributed by atoms with Gasteiger partial charge in [0, 0.05) is 18.3 Å². The molecule has 0 unspecified atom stereocenters. The summed E-state index contributed by atoms with van der Waals surface area (Å²) in [5.74, 6) is 0.656. The first kappa shape index (κ1) is 13.3. The van der Waals surface area contributed by atoms with Crippen LogP contribution in [0.2, 0.25) is 0 Å². The molecule has 0 spiro atoms. The SMILES string of the molecule is CCCCNc1cc(C)n(-c2ccccc2)c(=O)n1. The Bertz CT molecular complexity index is 590. The normalized spacial score (nSPS) is 10.4. The van der Waals surface area contributed by atoms with Crippen molar-refractivity contribution in [2.75, 3.05) is 11.9 Å². The molecule has 0 aliphatic rings. The Balaban J connectivity index is 2.30. The number of nitrogens with one attached hydrogen (secondary N) is 1. The number of benzene rings is 1. The van der Waals surface area contributed by atoms with E-state index in [1.165, 1.54) is 0 Å². The molecule has 1 heterocycles. The summed E-state index contributed by atoms with van der Waals surface area (Å²) in [4.78, 5) is 16.2. The van der Waals surface area contributed by atoms with E-state index in [4.69, 9.17) is 0 Å². The highest BCUT2D eigenvalue weighted by molar-refractivity contribution is 5.39. The average Bonchev–Trinajstić information content (AvgIpc) is 2.39. The maximum Gasteiger partial charge on any atom is 0.354 e. The topological polar surface area (TPSA) is 46.9 Å². The number of aryl methyl sites for hydroxylation is 1. The molecule has 4 heteroatoms. The Kier molecular flexibility index (Phi) is 4.34. The summed E-state index contributed by atoms with van der Waals surface area (Å²) in [6.07, 6.45) is 2.19. The third-order valence-electron chi connectivity index (χ3n) is 2.96. The van der Waals surface area contributed by atoms with Crippen molar-refractivity contribution in [1.29, 1.82) is 0 Å². The smallest absolute Gasteiger partial charge is 0.354 e. The van der Waals surface area contributed by atoms with Crippen LogP contribution in [0.4, 0.5) is 5.82 Å². The first-order chi connectivity index (χ1) is 9.22. The number of para-hydroxylation sites is 1. The van der Waals surface area contributed by atoms with E-state index in [9.17, 15) is 4.79 Å². The van der Waals surface area contributed by atoms with Crippen molar-refractivity contribution in [3.63, 3.8) is 0 Å². The van der Waals surface area contributed by atoms with Crippen molar-refractivity contribution in [2.24, 2.45) is 0 Å². The van der Waals surface area contributed by atoms with Crippen LogP contribution in [0.3, 0.4) is 0 Å². The summed E-state index contributed by atoms with van der Waals surface area (Å²) in [5, 5.41) is 3.18. The van der Waals surface area contributed by atoms with Gasteiger partial charge in [0.2, 0.25) is 0 Å². The fourth-order valence-corrected chi connectivity index (χ4v) is 1.97. The lowest BCUT2D eigenvalue weighted by Crippen LogP contribution is -2.24. The number of hydrogen-bond donors (Lipinski definition) is 1. The molecule has 4 nitrogen and oxygen atoms in total. The van der Waals surface area contributed by atoms with E-state index in [0.29, 0.717) is 5.82 Å². The largest absolute Gasteiger partial charge is 0.370 e. The second kappa shape index (κ2) is 6.18. The molecule has 0 amide bonds. The van der Waals surface area contributed by atoms with E-state index >= 15 is 0 Å². The maximum atomic E-state index is 12.1. The van der Waals surface area contributed by atoms with Crippen LogP contribution in [0, 0.1) is 6.92 Å². The maximum absolute atomic E-state index is 12.1. The van der Waals surface area contributed by atoms with Crippen molar-refractivity contribution in [1.82, 2.24) is 9.55 Å². The molecule has 19 heavy (non-hydrogen) atoms. The molecule has 0 radical (unpaired) electrons. The van der Waals surface area contributed by atoms with Crippen molar-refractivity contribution < 1.29 is 0 Å². The molecular formula is C15H19N3O. The lowest BCUT2D eigenvalue weighted by molar-refractivity contribution is 0.820. The van der Waals surface area contributed by atoms with Crippen molar-refractivity contribution in [2.45, 2.75) is 26.7 Å². The van der Waals surface area contributed by atoms with Crippen LogP contribution in [0.1, 0.15) is 25.5 Å². The highest BCUT2D eigenvalue weighted by atomic mass is 16.1. The summed E-state index contributed by atoms with van der Waals surface area (Å²) in [7, 11) is 0. The monoisotopic (exact) mass is 257 g/mol. The third-order valence-corrected chi connectivity index (χ3v) is 2.96. The molecule has 0 atom stereocenters. The fourth-order valence-electron chi connectivity index (χ4n) is 1.97. The standard InChI is InChI=1S/C15H19N3O/c1-3-4-10-16-14-11-12(2)18(15(19)17-14)13-8-6-5-7-9-13/h5-9,11H,3-4,10H2,1-2H3,(H,16,17,19). The van der Waals surface area contributed by atoms with Crippen LogP contribution in [0.5, 0.6) is 0 Å². The number of aromatic nitrogens is 2. The second-order valence-electron chi connectivity index (χ2n) is 4.52. The van der Waals surface area contributed by atoms with Gasteiger partial charge in [-0.1, -0.05) is 31.5 Å². The number of hydrogen-bond acceptors (Lipinski definition) is 3. The zero-order chi connectivity index (χ0) is 13.7. The second-order valence-corrected chi connectivity index (χ2v) is 4.52. The van der Waals surface area contributed by atoms with Gasteiger partial charge in [-0.2, -0.15) is 4.98 Å². The molecular weight excluding hydrogens is 238 g/mol. The van der Waals surface area contributed by atoms with Crippen LogP contribution in [-0.4, -0.2) is 16.1 Å². The molecule has 0 aliphatic carbocycles. The molecule has 2 aromatic rings. The van der Waals surface area contributed by atoms with Crippen molar-refractivity contribution in [3.05, 3.63) is 52.6 Å². The highest BCUT2D eigenvalue weighted by Gasteiger charge is 2.06. The van der Waals surface area contributed by atoms with Crippen LogP contribution >= 0.6 is 0 Å². The molecule has 1 aromatic heterocycles.